The number of anilines is 1. The molecule has 1 aromatic carbocycles. The lowest BCUT2D eigenvalue weighted by Crippen LogP contribution is -2.50. The predicted octanol–water partition coefficient (Wildman–Crippen LogP) is 2.66. The SMILES string of the molecule is Cc1ccc(C(=O)N2CCN(CC(=O)Nc3ccc([N+](=O)[O-])cc3Br)CC2)o1. The van der Waals surface area contributed by atoms with Gasteiger partial charge in [-0.1, -0.05) is 0 Å². The largest absolute Gasteiger partial charge is 0.456 e. The summed E-state index contributed by atoms with van der Waals surface area (Å²) >= 11 is 3.23. The van der Waals surface area contributed by atoms with Gasteiger partial charge in [0.25, 0.3) is 11.6 Å². The van der Waals surface area contributed by atoms with Crippen molar-refractivity contribution < 1.29 is 18.9 Å². The van der Waals surface area contributed by atoms with Gasteiger partial charge in [-0.2, -0.15) is 0 Å². The number of furan rings is 1. The first-order valence-electron chi connectivity index (χ1n) is 8.65. The number of carbonyl (C=O) groups is 2. The maximum Gasteiger partial charge on any atom is 0.289 e. The molecule has 0 spiro atoms. The smallest absolute Gasteiger partial charge is 0.289 e. The van der Waals surface area contributed by atoms with E-state index in [-0.39, 0.29) is 24.0 Å². The van der Waals surface area contributed by atoms with Crippen LogP contribution < -0.4 is 5.32 Å². The zero-order valence-electron chi connectivity index (χ0n) is 15.2. The first-order chi connectivity index (χ1) is 13.3. The average molecular weight is 451 g/mol. The normalized spacial score (nSPS) is 14.7. The zero-order valence-corrected chi connectivity index (χ0v) is 16.8. The number of rotatable bonds is 5. The van der Waals surface area contributed by atoms with Crippen LogP contribution in [0.3, 0.4) is 0 Å². The van der Waals surface area contributed by atoms with Crippen molar-refractivity contribution in [1.82, 2.24) is 9.80 Å². The molecule has 2 heterocycles. The zero-order chi connectivity index (χ0) is 20.3. The van der Waals surface area contributed by atoms with E-state index in [1.165, 1.54) is 18.2 Å². The predicted molar refractivity (Wildman–Crippen MR) is 105 cm³/mol. The summed E-state index contributed by atoms with van der Waals surface area (Å²) in [5, 5.41) is 13.5. The number of nitrogens with one attached hydrogen (secondary N) is 1. The molecular weight excluding hydrogens is 432 g/mol. The van der Waals surface area contributed by atoms with Gasteiger partial charge in [0.2, 0.25) is 5.91 Å². The number of nitrogens with zero attached hydrogens (tertiary/aromatic N) is 3. The molecule has 1 aromatic heterocycles. The van der Waals surface area contributed by atoms with Gasteiger partial charge in [0.15, 0.2) is 5.76 Å². The number of aryl methyl sites for hydroxylation is 1. The fourth-order valence-electron chi connectivity index (χ4n) is 2.93. The van der Waals surface area contributed by atoms with Crippen LogP contribution in [0.4, 0.5) is 11.4 Å². The highest BCUT2D eigenvalue weighted by Crippen LogP contribution is 2.27. The second-order valence-corrected chi connectivity index (χ2v) is 7.30. The third-order valence-electron chi connectivity index (χ3n) is 4.42. The van der Waals surface area contributed by atoms with Crippen LogP contribution in [0.5, 0.6) is 0 Å². The van der Waals surface area contributed by atoms with Crippen molar-refractivity contribution in [1.29, 1.82) is 0 Å². The first-order valence-corrected chi connectivity index (χ1v) is 9.44. The number of benzene rings is 1. The molecule has 1 aliphatic rings. The van der Waals surface area contributed by atoms with Crippen LogP contribution in [0, 0.1) is 17.0 Å². The first kappa shape index (κ1) is 20.0. The van der Waals surface area contributed by atoms with Crippen LogP contribution in [0.15, 0.2) is 39.2 Å². The van der Waals surface area contributed by atoms with Gasteiger partial charge in [0.05, 0.1) is 17.2 Å². The van der Waals surface area contributed by atoms with E-state index in [1.807, 2.05) is 4.90 Å². The molecular formula is C18H19BrN4O5. The summed E-state index contributed by atoms with van der Waals surface area (Å²) in [5.74, 6) is 0.644. The summed E-state index contributed by atoms with van der Waals surface area (Å²) in [6.45, 7) is 4.11. The Labute approximate surface area is 169 Å². The van der Waals surface area contributed by atoms with Crippen molar-refractivity contribution in [3.63, 3.8) is 0 Å². The topological polar surface area (TPSA) is 109 Å². The number of nitro benzene ring substituents is 1. The molecule has 2 amide bonds. The highest BCUT2D eigenvalue weighted by atomic mass is 79.9. The summed E-state index contributed by atoms with van der Waals surface area (Å²) in [4.78, 5) is 38.6. The van der Waals surface area contributed by atoms with E-state index >= 15 is 0 Å². The van der Waals surface area contributed by atoms with E-state index < -0.39 is 4.92 Å². The lowest BCUT2D eigenvalue weighted by atomic mass is 10.2. The van der Waals surface area contributed by atoms with Crippen LogP contribution in [-0.2, 0) is 4.79 Å². The van der Waals surface area contributed by atoms with E-state index in [0.29, 0.717) is 47.9 Å². The number of amides is 2. The molecule has 148 valence electrons. The van der Waals surface area contributed by atoms with Crippen LogP contribution in [0.1, 0.15) is 16.3 Å². The van der Waals surface area contributed by atoms with E-state index in [9.17, 15) is 19.7 Å². The van der Waals surface area contributed by atoms with Crippen molar-refractivity contribution in [3.05, 3.63) is 56.4 Å². The van der Waals surface area contributed by atoms with E-state index in [1.54, 1.807) is 24.0 Å². The molecule has 9 nitrogen and oxygen atoms in total. The molecule has 0 aliphatic carbocycles. The minimum Gasteiger partial charge on any atom is -0.456 e. The average Bonchev–Trinajstić information content (AvgIpc) is 3.09. The Bertz CT molecular complexity index is 905. The molecule has 1 aliphatic heterocycles. The Balaban J connectivity index is 1.50. The molecule has 1 N–H and O–H groups in total. The summed E-state index contributed by atoms with van der Waals surface area (Å²) in [7, 11) is 0. The van der Waals surface area contributed by atoms with Gasteiger partial charge < -0.3 is 14.6 Å². The summed E-state index contributed by atoms with van der Waals surface area (Å²) in [6, 6.07) is 7.59. The number of carbonyl (C=O) groups excluding carboxylic acids is 2. The minimum absolute atomic E-state index is 0.0580. The molecule has 1 fully saturated rings. The number of non-ortho nitro benzene ring substituents is 1. The van der Waals surface area contributed by atoms with Crippen LogP contribution in [0.25, 0.3) is 0 Å². The Hall–Kier alpha value is -2.72. The van der Waals surface area contributed by atoms with E-state index in [0.717, 1.165) is 0 Å². The third kappa shape index (κ3) is 4.76. The number of hydrogen-bond donors (Lipinski definition) is 1. The van der Waals surface area contributed by atoms with Gasteiger partial charge >= 0.3 is 0 Å². The van der Waals surface area contributed by atoms with Gasteiger partial charge in [-0.3, -0.25) is 24.6 Å². The van der Waals surface area contributed by atoms with Crippen molar-refractivity contribution in [2.24, 2.45) is 0 Å². The second-order valence-electron chi connectivity index (χ2n) is 6.45. The van der Waals surface area contributed by atoms with Gasteiger partial charge in [-0.25, -0.2) is 0 Å². The summed E-state index contributed by atoms with van der Waals surface area (Å²) in [6.07, 6.45) is 0. The fraction of sp³-hybridized carbons (Fsp3) is 0.333. The standard InChI is InChI=1S/C18H19BrN4O5/c1-12-2-5-16(28-12)18(25)22-8-6-21(7-9-22)11-17(24)20-15-4-3-13(23(26)27)10-14(15)19/h2-5,10H,6-9,11H2,1H3,(H,20,24). The molecule has 0 radical (unpaired) electrons. The summed E-state index contributed by atoms with van der Waals surface area (Å²) in [5.41, 5.74) is 0.412. The molecule has 1 saturated heterocycles. The van der Waals surface area contributed by atoms with Gasteiger partial charge in [-0.15, -0.1) is 0 Å². The van der Waals surface area contributed by atoms with Crippen molar-refractivity contribution in [2.45, 2.75) is 6.92 Å². The Morgan fingerprint density at radius 1 is 1.21 bits per heavy atom. The third-order valence-corrected chi connectivity index (χ3v) is 5.07. The van der Waals surface area contributed by atoms with E-state index in [4.69, 9.17) is 4.42 Å². The van der Waals surface area contributed by atoms with Gasteiger partial charge in [-0.05, 0) is 41.1 Å². The molecule has 2 aromatic rings. The van der Waals surface area contributed by atoms with Crippen LogP contribution >= 0.6 is 15.9 Å². The lowest BCUT2D eigenvalue weighted by molar-refractivity contribution is -0.384. The van der Waals surface area contributed by atoms with Crippen molar-refractivity contribution >= 4 is 39.1 Å². The monoisotopic (exact) mass is 450 g/mol. The number of nitro groups is 1. The maximum atomic E-state index is 12.4. The van der Waals surface area contributed by atoms with Crippen LogP contribution in [0.2, 0.25) is 0 Å². The van der Waals surface area contributed by atoms with Gasteiger partial charge in [0, 0.05) is 42.8 Å². The number of hydrogen-bond acceptors (Lipinski definition) is 6. The molecule has 0 unspecified atom stereocenters. The quantitative estimate of drug-likeness (QED) is 0.553. The number of halogens is 1. The minimum atomic E-state index is -0.499. The highest BCUT2D eigenvalue weighted by molar-refractivity contribution is 9.10. The Morgan fingerprint density at radius 2 is 1.93 bits per heavy atom. The summed E-state index contributed by atoms with van der Waals surface area (Å²) < 4.78 is 5.82. The molecule has 28 heavy (non-hydrogen) atoms. The number of piperazine rings is 1. The van der Waals surface area contributed by atoms with Gasteiger partial charge in [0.1, 0.15) is 5.76 Å². The van der Waals surface area contributed by atoms with E-state index in [2.05, 4.69) is 21.2 Å². The Kier molecular flexibility index (Phi) is 6.10. The van der Waals surface area contributed by atoms with Crippen molar-refractivity contribution in [2.75, 3.05) is 38.0 Å². The molecule has 10 heteroatoms. The van der Waals surface area contributed by atoms with Crippen molar-refractivity contribution in [3.8, 4) is 0 Å². The van der Waals surface area contributed by atoms with Crippen LogP contribution in [-0.4, -0.2) is 59.3 Å². The molecule has 0 atom stereocenters. The maximum absolute atomic E-state index is 12.4. The molecule has 3 rings (SSSR count). The molecule has 0 saturated carbocycles. The fourth-order valence-corrected chi connectivity index (χ4v) is 3.39. The Morgan fingerprint density at radius 3 is 2.50 bits per heavy atom. The lowest BCUT2D eigenvalue weighted by Gasteiger charge is -2.33. The second kappa shape index (κ2) is 8.53. The molecule has 0 bridgehead atoms. The highest BCUT2D eigenvalue weighted by Gasteiger charge is 2.25.